The number of methoxy groups -OCH3 is 1. The summed E-state index contributed by atoms with van der Waals surface area (Å²) in [4.78, 5) is 7.96. The van der Waals surface area contributed by atoms with Crippen LogP contribution in [0, 0.1) is 5.82 Å². The highest BCUT2D eigenvalue weighted by Gasteiger charge is 2.11. The lowest BCUT2D eigenvalue weighted by molar-refractivity contribution is 0.415. The maximum absolute atomic E-state index is 13.2. The Balaban J connectivity index is 2.63. The van der Waals surface area contributed by atoms with E-state index < -0.39 is 0 Å². The highest BCUT2D eigenvalue weighted by molar-refractivity contribution is 5.74. The summed E-state index contributed by atoms with van der Waals surface area (Å²) in [6.45, 7) is 0. The molecule has 2 rings (SSSR count). The van der Waals surface area contributed by atoms with E-state index >= 15 is 0 Å². The molecule has 0 saturated heterocycles. The van der Waals surface area contributed by atoms with Crippen molar-refractivity contribution in [2.75, 3.05) is 12.8 Å². The van der Waals surface area contributed by atoms with E-state index in [2.05, 4.69) is 9.97 Å². The quantitative estimate of drug-likeness (QED) is 0.837. The third kappa shape index (κ3) is 1.79. The summed E-state index contributed by atoms with van der Waals surface area (Å²) in [7, 11) is 1.50. The predicted octanol–water partition coefficient (Wildman–Crippen LogP) is 1.87. The lowest BCUT2D eigenvalue weighted by atomic mass is 10.1. The molecule has 1 aromatic heterocycles. The fourth-order valence-corrected chi connectivity index (χ4v) is 1.42. The molecule has 0 radical (unpaired) electrons. The molecule has 1 heterocycles. The fraction of sp³-hybridized carbons (Fsp3) is 0.0909. The number of halogens is 1. The summed E-state index contributed by atoms with van der Waals surface area (Å²) in [5.74, 6) is 0.376. The van der Waals surface area contributed by atoms with Crippen molar-refractivity contribution in [2.45, 2.75) is 0 Å². The van der Waals surface area contributed by atoms with Gasteiger partial charge in [0.2, 0.25) is 0 Å². The number of nitrogens with two attached hydrogens (primary N) is 1. The van der Waals surface area contributed by atoms with Gasteiger partial charge in [-0.1, -0.05) is 0 Å². The summed E-state index contributed by atoms with van der Waals surface area (Å²) in [6.07, 6.45) is 2.97. The Labute approximate surface area is 91.9 Å². The SMILES string of the molecule is COc1ccc(F)cc1-c1nccnc1N. The van der Waals surface area contributed by atoms with Crippen LogP contribution in [0.25, 0.3) is 11.3 Å². The Kier molecular flexibility index (Phi) is 2.68. The van der Waals surface area contributed by atoms with E-state index in [0.717, 1.165) is 0 Å². The van der Waals surface area contributed by atoms with Crippen LogP contribution < -0.4 is 10.5 Å². The molecule has 16 heavy (non-hydrogen) atoms. The van der Waals surface area contributed by atoms with Crippen molar-refractivity contribution in [1.29, 1.82) is 0 Å². The van der Waals surface area contributed by atoms with E-state index in [1.165, 1.54) is 37.7 Å². The Morgan fingerprint density at radius 3 is 2.69 bits per heavy atom. The van der Waals surface area contributed by atoms with Crippen LogP contribution in [0.3, 0.4) is 0 Å². The molecule has 0 amide bonds. The number of nitrogens with zero attached hydrogens (tertiary/aromatic N) is 2. The van der Waals surface area contributed by atoms with Crippen LogP contribution in [0.5, 0.6) is 5.75 Å². The van der Waals surface area contributed by atoms with Gasteiger partial charge >= 0.3 is 0 Å². The minimum atomic E-state index is -0.374. The lowest BCUT2D eigenvalue weighted by Gasteiger charge is -2.08. The molecular formula is C11H10FN3O. The predicted molar refractivity (Wildman–Crippen MR) is 58.4 cm³/mol. The minimum absolute atomic E-state index is 0.242. The first-order valence-electron chi connectivity index (χ1n) is 4.63. The number of aromatic nitrogens is 2. The van der Waals surface area contributed by atoms with Crippen LogP contribution in [0.1, 0.15) is 0 Å². The van der Waals surface area contributed by atoms with Crippen molar-refractivity contribution in [3.63, 3.8) is 0 Å². The standard InChI is InChI=1S/C11H10FN3O/c1-16-9-3-2-7(12)6-8(9)10-11(13)15-5-4-14-10/h2-6H,1H3,(H2,13,15). The number of hydrogen-bond acceptors (Lipinski definition) is 4. The van der Waals surface area contributed by atoms with Gasteiger partial charge in [-0.05, 0) is 18.2 Å². The Hall–Kier alpha value is -2.17. The molecule has 2 N–H and O–H groups in total. The highest BCUT2D eigenvalue weighted by Crippen LogP contribution is 2.31. The molecule has 0 fully saturated rings. The van der Waals surface area contributed by atoms with Gasteiger partial charge < -0.3 is 10.5 Å². The first-order valence-corrected chi connectivity index (χ1v) is 4.63. The molecule has 0 atom stereocenters. The summed E-state index contributed by atoms with van der Waals surface area (Å²) in [5.41, 5.74) is 6.58. The van der Waals surface area contributed by atoms with Crippen LogP contribution in [0.15, 0.2) is 30.6 Å². The number of anilines is 1. The molecule has 1 aromatic carbocycles. The molecule has 0 saturated carbocycles. The Morgan fingerprint density at radius 1 is 1.25 bits per heavy atom. The normalized spacial score (nSPS) is 10.1. The zero-order valence-electron chi connectivity index (χ0n) is 8.64. The molecule has 0 unspecified atom stereocenters. The maximum atomic E-state index is 13.2. The molecular weight excluding hydrogens is 209 g/mol. The first kappa shape index (κ1) is 10.4. The molecule has 0 bridgehead atoms. The molecule has 4 nitrogen and oxygen atoms in total. The summed E-state index contributed by atoms with van der Waals surface area (Å²) < 4.78 is 18.3. The van der Waals surface area contributed by atoms with Crippen LogP contribution >= 0.6 is 0 Å². The molecule has 82 valence electrons. The number of hydrogen-bond donors (Lipinski definition) is 1. The highest BCUT2D eigenvalue weighted by atomic mass is 19.1. The minimum Gasteiger partial charge on any atom is -0.496 e. The van der Waals surface area contributed by atoms with Crippen molar-refractivity contribution in [1.82, 2.24) is 9.97 Å². The number of rotatable bonds is 2. The van der Waals surface area contributed by atoms with Gasteiger partial charge in [-0.25, -0.2) is 9.37 Å². The average molecular weight is 219 g/mol. The second kappa shape index (κ2) is 4.14. The van der Waals surface area contributed by atoms with Crippen LogP contribution in [0.2, 0.25) is 0 Å². The third-order valence-corrected chi connectivity index (χ3v) is 2.14. The second-order valence-corrected chi connectivity index (χ2v) is 3.13. The van der Waals surface area contributed by atoms with Crippen LogP contribution in [-0.2, 0) is 0 Å². The molecule has 0 aliphatic rings. The van der Waals surface area contributed by atoms with Gasteiger partial charge in [0.05, 0.1) is 7.11 Å². The number of ether oxygens (including phenoxy) is 1. The fourth-order valence-electron chi connectivity index (χ4n) is 1.42. The monoisotopic (exact) mass is 219 g/mol. The van der Waals surface area contributed by atoms with Gasteiger partial charge in [-0.2, -0.15) is 0 Å². The topological polar surface area (TPSA) is 61.0 Å². The van der Waals surface area contributed by atoms with E-state index in [1.807, 2.05) is 0 Å². The van der Waals surface area contributed by atoms with E-state index in [9.17, 15) is 4.39 Å². The third-order valence-electron chi connectivity index (χ3n) is 2.14. The van der Waals surface area contributed by atoms with Crippen molar-refractivity contribution in [3.8, 4) is 17.0 Å². The van der Waals surface area contributed by atoms with Gasteiger partial charge in [-0.3, -0.25) is 4.98 Å². The molecule has 0 aliphatic carbocycles. The van der Waals surface area contributed by atoms with Gasteiger partial charge in [0.1, 0.15) is 23.1 Å². The van der Waals surface area contributed by atoms with E-state index in [0.29, 0.717) is 17.0 Å². The molecule has 0 aliphatic heterocycles. The molecule has 2 aromatic rings. The second-order valence-electron chi connectivity index (χ2n) is 3.13. The van der Waals surface area contributed by atoms with Gasteiger partial charge in [0, 0.05) is 18.0 Å². The zero-order valence-corrected chi connectivity index (χ0v) is 8.64. The first-order chi connectivity index (χ1) is 7.72. The van der Waals surface area contributed by atoms with Crippen molar-refractivity contribution >= 4 is 5.82 Å². The van der Waals surface area contributed by atoms with E-state index in [4.69, 9.17) is 10.5 Å². The molecule has 5 heteroatoms. The average Bonchev–Trinajstić information content (AvgIpc) is 2.29. The van der Waals surface area contributed by atoms with Crippen LogP contribution in [0.4, 0.5) is 10.2 Å². The summed E-state index contributed by atoms with van der Waals surface area (Å²) in [6, 6.07) is 4.16. The Bertz CT molecular complexity index is 516. The number of benzene rings is 1. The maximum Gasteiger partial charge on any atom is 0.150 e. The van der Waals surface area contributed by atoms with Crippen molar-refractivity contribution in [2.24, 2.45) is 0 Å². The van der Waals surface area contributed by atoms with Gasteiger partial charge in [0.25, 0.3) is 0 Å². The van der Waals surface area contributed by atoms with Crippen molar-refractivity contribution < 1.29 is 9.13 Å². The largest absolute Gasteiger partial charge is 0.496 e. The van der Waals surface area contributed by atoms with Crippen molar-refractivity contribution in [3.05, 3.63) is 36.4 Å². The summed E-state index contributed by atoms with van der Waals surface area (Å²) >= 11 is 0. The zero-order chi connectivity index (χ0) is 11.5. The van der Waals surface area contributed by atoms with Crippen LogP contribution in [-0.4, -0.2) is 17.1 Å². The van der Waals surface area contributed by atoms with E-state index in [1.54, 1.807) is 0 Å². The Morgan fingerprint density at radius 2 is 2.00 bits per heavy atom. The summed E-state index contributed by atoms with van der Waals surface area (Å²) in [5, 5.41) is 0. The van der Waals surface area contributed by atoms with E-state index in [-0.39, 0.29) is 11.6 Å². The van der Waals surface area contributed by atoms with Gasteiger partial charge in [-0.15, -0.1) is 0 Å². The lowest BCUT2D eigenvalue weighted by Crippen LogP contribution is -1.98. The molecule has 0 spiro atoms. The number of nitrogen functional groups attached to an aromatic ring is 1. The smallest absolute Gasteiger partial charge is 0.150 e. The van der Waals surface area contributed by atoms with Gasteiger partial charge in [0.15, 0.2) is 0 Å².